The Kier molecular flexibility index (Phi) is 3.67. The second-order valence-electron chi connectivity index (χ2n) is 4.48. The molecule has 1 saturated heterocycles. The molecular formula is C13H20N2O. The molecule has 0 aromatic heterocycles. The number of ether oxygens (including phenoxy) is 1. The van der Waals surface area contributed by atoms with Crippen LogP contribution in [0.15, 0.2) is 18.2 Å². The molecule has 1 aromatic rings. The summed E-state index contributed by atoms with van der Waals surface area (Å²) in [4.78, 5) is 0. The van der Waals surface area contributed by atoms with Crippen LogP contribution in [0, 0.1) is 5.92 Å². The van der Waals surface area contributed by atoms with Gasteiger partial charge in [-0.1, -0.05) is 0 Å². The van der Waals surface area contributed by atoms with Crippen LogP contribution in [0.3, 0.4) is 0 Å². The molecule has 16 heavy (non-hydrogen) atoms. The van der Waals surface area contributed by atoms with Gasteiger partial charge in [0.1, 0.15) is 5.75 Å². The lowest BCUT2D eigenvalue weighted by atomic mass is 9.91. The van der Waals surface area contributed by atoms with Gasteiger partial charge in [0.2, 0.25) is 0 Å². The molecule has 1 aliphatic rings. The molecule has 1 unspecified atom stereocenters. The molecule has 0 spiro atoms. The van der Waals surface area contributed by atoms with Crippen molar-refractivity contribution in [3.05, 3.63) is 23.8 Å². The minimum atomic E-state index is 0.711. The highest BCUT2D eigenvalue weighted by Gasteiger charge is 2.15. The van der Waals surface area contributed by atoms with E-state index in [1.54, 1.807) is 7.11 Å². The molecule has 3 N–H and O–H groups in total. The average molecular weight is 220 g/mol. The topological polar surface area (TPSA) is 47.3 Å². The van der Waals surface area contributed by atoms with Crippen molar-refractivity contribution in [1.82, 2.24) is 5.32 Å². The number of nitrogens with two attached hydrogens (primary N) is 1. The molecule has 1 aromatic carbocycles. The predicted octanol–water partition coefficient (Wildman–Crippen LogP) is 1.82. The van der Waals surface area contributed by atoms with Gasteiger partial charge in [0, 0.05) is 5.69 Å². The number of nitrogens with one attached hydrogen (secondary N) is 1. The minimum Gasteiger partial charge on any atom is -0.497 e. The van der Waals surface area contributed by atoms with Crippen LogP contribution in [-0.4, -0.2) is 20.2 Å². The van der Waals surface area contributed by atoms with E-state index < -0.39 is 0 Å². The Morgan fingerprint density at radius 1 is 1.50 bits per heavy atom. The highest BCUT2D eigenvalue weighted by molar-refractivity contribution is 5.50. The van der Waals surface area contributed by atoms with Gasteiger partial charge in [-0.25, -0.2) is 0 Å². The fraction of sp³-hybridized carbons (Fsp3) is 0.538. The zero-order chi connectivity index (χ0) is 11.4. The third kappa shape index (κ3) is 2.67. The largest absolute Gasteiger partial charge is 0.497 e. The van der Waals surface area contributed by atoms with Crippen LogP contribution in [-0.2, 0) is 6.42 Å². The van der Waals surface area contributed by atoms with E-state index in [1.807, 2.05) is 12.1 Å². The molecule has 1 atom stereocenters. The Morgan fingerprint density at radius 3 is 3.06 bits per heavy atom. The monoisotopic (exact) mass is 220 g/mol. The van der Waals surface area contributed by atoms with Gasteiger partial charge in [-0.2, -0.15) is 0 Å². The highest BCUT2D eigenvalue weighted by atomic mass is 16.5. The average Bonchev–Trinajstić information content (AvgIpc) is 2.33. The number of hydrogen-bond acceptors (Lipinski definition) is 3. The van der Waals surface area contributed by atoms with Crippen molar-refractivity contribution in [2.75, 3.05) is 25.9 Å². The Hall–Kier alpha value is -1.22. The summed E-state index contributed by atoms with van der Waals surface area (Å²) in [6.07, 6.45) is 3.62. The first-order chi connectivity index (χ1) is 7.79. The predicted molar refractivity (Wildman–Crippen MR) is 66.7 cm³/mol. The van der Waals surface area contributed by atoms with E-state index in [0.29, 0.717) is 5.92 Å². The van der Waals surface area contributed by atoms with Gasteiger partial charge in [-0.15, -0.1) is 0 Å². The summed E-state index contributed by atoms with van der Waals surface area (Å²) in [5.74, 6) is 1.61. The number of nitrogen functional groups attached to an aromatic ring is 1. The Bertz CT molecular complexity index is 346. The quantitative estimate of drug-likeness (QED) is 0.764. The van der Waals surface area contributed by atoms with Crippen LogP contribution < -0.4 is 15.8 Å². The van der Waals surface area contributed by atoms with Crippen molar-refractivity contribution in [2.24, 2.45) is 5.92 Å². The Balaban J connectivity index is 2.06. The summed E-state index contributed by atoms with van der Waals surface area (Å²) in [5, 5.41) is 3.43. The lowest BCUT2D eigenvalue weighted by Gasteiger charge is -2.23. The summed E-state index contributed by atoms with van der Waals surface area (Å²) < 4.78 is 5.23. The lowest BCUT2D eigenvalue weighted by molar-refractivity contribution is 0.375. The number of methoxy groups -OCH3 is 1. The summed E-state index contributed by atoms with van der Waals surface area (Å²) in [7, 11) is 1.69. The van der Waals surface area contributed by atoms with Crippen LogP contribution in [0.5, 0.6) is 5.75 Å². The van der Waals surface area contributed by atoms with E-state index in [9.17, 15) is 0 Å². The maximum atomic E-state index is 5.99. The first-order valence-electron chi connectivity index (χ1n) is 5.92. The number of hydrogen-bond donors (Lipinski definition) is 2. The normalized spacial score (nSPS) is 20.7. The van der Waals surface area contributed by atoms with E-state index in [2.05, 4.69) is 11.4 Å². The summed E-state index contributed by atoms with van der Waals surface area (Å²) in [6, 6.07) is 5.91. The fourth-order valence-electron chi connectivity index (χ4n) is 2.30. The zero-order valence-electron chi connectivity index (χ0n) is 9.83. The number of rotatable bonds is 3. The summed E-state index contributed by atoms with van der Waals surface area (Å²) in [6.45, 7) is 2.26. The first kappa shape index (κ1) is 11.3. The standard InChI is InChI=1S/C13H20N2O/c1-16-12-4-5-13(14)11(8-12)7-10-3-2-6-15-9-10/h4-5,8,10,15H,2-3,6-7,9,14H2,1H3. The van der Waals surface area contributed by atoms with Crippen molar-refractivity contribution in [2.45, 2.75) is 19.3 Å². The van der Waals surface area contributed by atoms with Gasteiger partial charge < -0.3 is 15.8 Å². The zero-order valence-corrected chi connectivity index (χ0v) is 9.83. The van der Waals surface area contributed by atoms with E-state index in [-0.39, 0.29) is 0 Å². The third-order valence-electron chi connectivity index (χ3n) is 3.26. The van der Waals surface area contributed by atoms with Gasteiger partial charge in [0.15, 0.2) is 0 Å². The SMILES string of the molecule is COc1ccc(N)c(CC2CCCNC2)c1. The molecule has 1 heterocycles. The molecule has 0 bridgehead atoms. The van der Waals surface area contributed by atoms with Crippen molar-refractivity contribution in [3.63, 3.8) is 0 Å². The van der Waals surface area contributed by atoms with Crippen molar-refractivity contribution in [3.8, 4) is 5.75 Å². The van der Waals surface area contributed by atoms with Gasteiger partial charge >= 0.3 is 0 Å². The smallest absolute Gasteiger partial charge is 0.119 e. The molecule has 0 radical (unpaired) electrons. The van der Waals surface area contributed by atoms with Gasteiger partial charge in [-0.05, 0) is 62.0 Å². The Labute approximate surface area is 97.0 Å². The lowest BCUT2D eigenvalue weighted by Crippen LogP contribution is -2.31. The third-order valence-corrected chi connectivity index (χ3v) is 3.26. The maximum Gasteiger partial charge on any atom is 0.119 e. The summed E-state index contributed by atoms with van der Waals surface area (Å²) >= 11 is 0. The van der Waals surface area contributed by atoms with Gasteiger partial charge in [0.25, 0.3) is 0 Å². The fourth-order valence-corrected chi connectivity index (χ4v) is 2.30. The van der Waals surface area contributed by atoms with Crippen LogP contribution >= 0.6 is 0 Å². The van der Waals surface area contributed by atoms with Crippen LogP contribution in [0.4, 0.5) is 5.69 Å². The van der Waals surface area contributed by atoms with E-state index in [4.69, 9.17) is 10.5 Å². The second-order valence-corrected chi connectivity index (χ2v) is 4.48. The Morgan fingerprint density at radius 2 is 2.38 bits per heavy atom. The van der Waals surface area contributed by atoms with Crippen LogP contribution in [0.25, 0.3) is 0 Å². The molecule has 3 heteroatoms. The van der Waals surface area contributed by atoms with E-state index in [1.165, 1.54) is 18.4 Å². The second kappa shape index (κ2) is 5.21. The van der Waals surface area contributed by atoms with Gasteiger partial charge in [-0.3, -0.25) is 0 Å². The van der Waals surface area contributed by atoms with Crippen molar-refractivity contribution >= 4 is 5.69 Å². The maximum absolute atomic E-state index is 5.99. The molecule has 2 rings (SSSR count). The molecule has 0 aliphatic carbocycles. The van der Waals surface area contributed by atoms with Crippen LogP contribution in [0.2, 0.25) is 0 Å². The molecule has 0 saturated carbocycles. The molecule has 0 amide bonds. The van der Waals surface area contributed by atoms with E-state index in [0.717, 1.165) is 30.9 Å². The molecule has 1 aliphatic heterocycles. The number of piperidine rings is 1. The minimum absolute atomic E-state index is 0.711. The number of benzene rings is 1. The highest BCUT2D eigenvalue weighted by Crippen LogP contribution is 2.24. The molecular weight excluding hydrogens is 200 g/mol. The summed E-state index contributed by atoms with van der Waals surface area (Å²) in [5.41, 5.74) is 8.08. The van der Waals surface area contributed by atoms with Crippen molar-refractivity contribution < 1.29 is 4.74 Å². The van der Waals surface area contributed by atoms with Crippen LogP contribution in [0.1, 0.15) is 18.4 Å². The molecule has 1 fully saturated rings. The first-order valence-corrected chi connectivity index (χ1v) is 5.92. The number of anilines is 1. The molecule has 3 nitrogen and oxygen atoms in total. The van der Waals surface area contributed by atoms with Gasteiger partial charge in [0.05, 0.1) is 7.11 Å². The van der Waals surface area contributed by atoms with E-state index >= 15 is 0 Å². The molecule has 88 valence electrons. The van der Waals surface area contributed by atoms with Crippen molar-refractivity contribution in [1.29, 1.82) is 0 Å².